The summed E-state index contributed by atoms with van der Waals surface area (Å²) in [5.41, 5.74) is -0.256. The van der Waals surface area contributed by atoms with E-state index in [-0.39, 0.29) is 40.8 Å². The third-order valence-electron chi connectivity index (χ3n) is 10.1. The quantitative estimate of drug-likeness (QED) is 0.718. The van der Waals surface area contributed by atoms with E-state index in [2.05, 4.69) is 13.8 Å². The van der Waals surface area contributed by atoms with E-state index in [1.54, 1.807) is 0 Å². The zero-order chi connectivity index (χ0) is 19.7. The molecule has 3 saturated heterocycles. The summed E-state index contributed by atoms with van der Waals surface area (Å²) >= 11 is 0. The number of aliphatic hydroxyl groups is 2. The Bertz CT molecular complexity index is 705. The van der Waals surface area contributed by atoms with Gasteiger partial charge < -0.3 is 24.4 Å². The Morgan fingerprint density at radius 2 is 1.86 bits per heavy atom. The fraction of sp³-hybridized carbons (Fsp3) is 1.00. The van der Waals surface area contributed by atoms with E-state index >= 15 is 0 Å². The molecule has 0 aromatic carbocycles. The van der Waals surface area contributed by atoms with Crippen molar-refractivity contribution in [3.05, 3.63) is 0 Å². The SMILES string of the molecule is CC1(C)OC2[C@H]3CCC4[C@]56CCCC(C)(C)C5[C@H](O)[C@](OC6)(O1)[C@@]24CC3CO. The number of hydrogen-bond acceptors (Lipinski definition) is 5. The first kappa shape index (κ1) is 18.6. The lowest BCUT2D eigenvalue weighted by Gasteiger charge is -2.78. The Labute approximate surface area is 168 Å². The summed E-state index contributed by atoms with van der Waals surface area (Å²) < 4.78 is 20.0. The molecule has 7 fully saturated rings. The van der Waals surface area contributed by atoms with Crippen LogP contribution in [0.5, 0.6) is 0 Å². The Morgan fingerprint density at radius 1 is 1.07 bits per heavy atom. The smallest absolute Gasteiger partial charge is 0.206 e. The fourth-order valence-corrected chi connectivity index (χ4v) is 9.64. The van der Waals surface area contributed by atoms with Gasteiger partial charge in [0.05, 0.1) is 18.1 Å². The number of ether oxygens (including phenoxy) is 3. The maximum absolute atomic E-state index is 12.0. The predicted octanol–water partition coefficient (Wildman–Crippen LogP) is 3.08. The lowest BCUT2D eigenvalue weighted by atomic mass is 9.36. The predicted molar refractivity (Wildman–Crippen MR) is 102 cm³/mol. The molecule has 7 rings (SSSR count). The highest BCUT2D eigenvalue weighted by molar-refractivity contribution is 5.29. The van der Waals surface area contributed by atoms with Crippen LogP contribution in [0, 0.1) is 39.9 Å². The monoisotopic (exact) mass is 392 g/mol. The molecule has 4 saturated carbocycles. The number of aliphatic hydroxyl groups excluding tert-OH is 2. The standard InChI is InChI=1S/C23H36O5/c1-19(2)8-5-9-21-12-26-23(17(25)16(19)21)22-10-13(11-24)14(6-7-15(21)22)18(22)27-20(3,4)28-23/h13-18,24-25H,5-12H2,1-4H3/t13?,14-,15?,16?,17-,18?,21+,22+,23-/m0/s1. The molecule has 3 spiro atoms. The first-order valence-corrected chi connectivity index (χ1v) is 11.4. The second-order valence-electron chi connectivity index (χ2n) is 12.0. The Kier molecular flexibility index (Phi) is 3.42. The molecule has 5 heteroatoms. The van der Waals surface area contributed by atoms with Crippen molar-refractivity contribution in [2.24, 2.45) is 39.9 Å². The van der Waals surface area contributed by atoms with Gasteiger partial charge in [-0.25, -0.2) is 0 Å². The molecule has 0 radical (unpaired) electrons. The average molecular weight is 393 g/mol. The molecule has 28 heavy (non-hydrogen) atoms. The zero-order valence-corrected chi connectivity index (χ0v) is 17.7. The second-order valence-corrected chi connectivity index (χ2v) is 12.0. The van der Waals surface area contributed by atoms with Gasteiger partial charge in [0.15, 0.2) is 5.79 Å². The van der Waals surface area contributed by atoms with Crippen LogP contribution in [0.3, 0.4) is 0 Å². The first-order valence-electron chi connectivity index (χ1n) is 11.4. The summed E-state index contributed by atoms with van der Waals surface area (Å²) in [6.07, 6.45) is 5.95. The minimum absolute atomic E-state index is 0.00460. The van der Waals surface area contributed by atoms with Gasteiger partial charge in [-0.05, 0) is 69.1 Å². The van der Waals surface area contributed by atoms with E-state index in [1.165, 1.54) is 6.42 Å². The number of rotatable bonds is 1. The van der Waals surface area contributed by atoms with Gasteiger partial charge in [0.1, 0.15) is 6.10 Å². The lowest BCUT2D eigenvalue weighted by molar-refractivity contribution is -0.539. The van der Waals surface area contributed by atoms with Crippen LogP contribution in [-0.2, 0) is 14.2 Å². The fourth-order valence-electron chi connectivity index (χ4n) is 9.64. The topological polar surface area (TPSA) is 68.2 Å². The van der Waals surface area contributed by atoms with Gasteiger partial charge in [-0.15, -0.1) is 0 Å². The Balaban J connectivity index is 1.60. The van der Waals surface area contributed by atoms with E-state index in [0.29, 0.717) is 18.4 Å². The molecule has 0 aromatic rings. The summed E-state index contributed by atoms with van der Waals surface area (Å²) in [6, 6.07) is 0. The number of hydrogen-bond donors (Lipinski definition) is 2. The minimum atomic E-state index is -1.01. The third kappa shape index (κ3) is 1.77. The van der Waals surface area contributed by atoms with Crippen LogP contribution in [-0.4, -0.2) is 47.2 Å². The molecule has 4 bridgehead atoms. The average Bonchev–Trinajstić information content (AvgIpc) is 2.79. The van der Waals surface area contributed by atoms with Crippen LogP contribution in [0.1, 0.15) is 66.2 Å². The lowest BCUT2D eigenvalue weighted by Crippen LogP contribution is -2.85. The first-order chi connectivity index (χ1) is 13.1. The van der Waals surface area contributed by atoms with Gasteiger partial charge in [-0.2, -0.15) is 0 Å². The molecular formula is C23H36O5. The summed E-state index contributed by atoms with van der Waals surface area (Å²) in [4.78, 5) is 0. The second kappa shape index (κ2) is 5.16. The van der Waals surface area contributed by atoms with Gasteiger partial charge in [0, 0.05) is 17.9 Å². The zero-order valence-electron chi connectivity index (χ0n) is 17.7. The molecule has 0 aromatic heterocycles. The van der Waals surface area contributed by atoms with E-state index < -0.39 is 17.7 Å². The minimum Gasteiger partial charge on any atom is -0.396 e. The van der Waals surface area contributed by atoms with Crippen LogP contribution < -0.4 is 0 Å². The van der Waals surface area contributed by atoms with Crippen LogP contribution in [0.15, 0.2) is 0 Å². The molecule has 7 aliphatic rings. The molecule has 0 amide bonds. The van der Waals surface area contributed by atoms with Crippen molar-refractivity contribution >= 4 is 0 Å². The highest BCUT2D eigenvalue weighted by atomic mass is 16.8. The van der Waals surface area contributed by atoms with E-state index in [4.69, 9.17) is 14.2 Å². The van der Waals surface area contributed by atoms with Crippen LogP contribution in [0.2, 0.25) is 0 Å². The Hall–Kier alpha value is -0.200. The van der Waals surface area contributed by atoms with Crippen LogP contribution >= 0.6 is 0 Å². The molecule has 4 unspecified atom stereocenters. The normalized spacial score (nSPS) is 60.2. The molecule has 2 N–H and O–H groups in total. The third-order valence-corrected chi connectivity index (χ3v) is 10.1. The maximum atomic E-state index is 12.0. The molecular weight excluding hydrogens is 356 g/mol. The van der Waals surface area contributed by atoms with Crippen LogP contribution in [0.4, 0.5) is 0 Å². The van der Waals surface area contributed by atoms with Crippen LogP contribution in [0.25, 0.3) is 0 Å². The van der Waals surface area contributed by atoms with Gasteiger partial charge in [-0.3, -0.25) is 0 Å². The largest absolute Gasteiger partial charge is 0.396 e. The molecule has 158 valence electrons. The van der Waals surface area contributed by atoms with Crippen molar-refractivity contribution in [1.82, 2.24) is 0 Å². The Morgan fingerprint density at radius 3 is 2.61 bits per heavy atom. The van der Waals surface area contributed by atoms with Gasteiger partial charge >= 0.3 is 0 Å². The van der Waals surface area contributed by atoms with Crippen molar-refractivity contribution in [1.29, 1.82) is 0 Å². The molecule has 5 nitrogen and oxygen atoms in total. The highest BCUT2D eigenvalue weighted by Gasteiger charge is 2.86. The van der Waals surface area contributed by atoms with E-state index in [9.17, 15) is 10.2 Å². The van der Waals surface area contributed by atoms with E-state index in [0.717, 1.165) is 32.1 Å². The van der Waals surface area contributed by atoms with Crippen molar-refractivity contribution < 1.29 is 24.4 Å². The highest BCUT2D eigenvalue weighted by Crippen LogP contribution is 2.80. The maximum Gasteiger partial charge on any atom is 0.206 e. The van der Waals surface area contributed by atoms with Crippen molar-refractivity contribution in [3.63, 3.8) is 0 Å². The van der Waals surface area contributed by atoms with Gasteiger partial charge in [0.25, 0.3) is 0 Å². The molecule has 4 aliphatic carbocycles. The van der Waals surface area contributed by atoms with Crippen molar-refractivity contribution in [2.75, 3.05) is 13.2 Å². The summed E-state index contributed by atoms with van der Waals surface area (Å²) in [5.74, 6) is -0.620. The number of fused-ring (bicyclic) bond motifs is 1. The molecule has 3 heterocycles. The summed E-state index contributed by atoms with van der Waals surface area (Å²) in [5, 5.41) is 22.2. The van der Waals surface area contributed by atoms with Crippen molar-refractivity contribution in [2.45, 2.75) is 90.0 Å². The van der Waals surface area contributed by atoms with Gasteiger partial charge in [0.2, 0.25) is 5.79 Å². The molecule has 9 atom stereocenters. The molecule has 3 aliphatic heterocycles. The van der Waals surface area contributed by atoms with Gasteiger partial charge in [-0.1, -0.05) is 20.3 Å². The summed E-state index contributed by atoms with van der Waals surface area (Å²) in [6.45, 7) is 9.48. The van der Waals surface area contributed by atoms with E-state index in [1.807, 2.05) is 13.8 Å². The van der Waals surface area contributed by atoms with Crippen molar-refractivity contribution in [3.8, 4) is 0 Å². The summed E-state index contributed by atoms with van der Waals surface area (Å²) in [7, 11) is 0.